The molecule has 0 aliphatic carbocycles. The molecule has 2 rings (SSSR count). The minimum Gasteiger partial charge on any atom is -0.367 e. The number of alkyl halides is 3. The average Bonchev–Trinajstić information content (AvgIpc) is 2.32. The number of nitrogens with zero attached hydrogens (tertiary/aromatic N) is 3. The van der Waals surface area contributed by atoms with E-state index in [9.17, 15) is 18.0 Å². The lowest BCUT2D eigenvalue weighted by Gasteiger charge is -2.36. The van der Waals surface area contributed by atoms with Crippen LogP contribution in [0.2, 0.25) is 5.02 Å². The van der Waals surface area contributed by atoms with Crippen molar-refractivity contribution in [3.63, 3.8) is 0 Å². The Morgan fingerprint density at radius 3 is 2.71 bits per heavy atom. The molecule has 2 unspecified atom stereocenters. The summed E-state index contributed by atoms with van der Waals surface area (Å²) in [6, 6.07) is -0.0672. The molecule has 1 aromatic rings. The van der Waals surface area contributed by atoms with Gasteiger partial charge in [0.15, 0.2) is 0 Å². The molecule has 0 radical (unpaired) electrons. The van der Waals surface area contributed by atoms with Gasteiger partial charge in [0.1, 0.15) is 11.6 Å². The summed E-state index contributed by atoms with van der Waals surface area (Å²) in [5.74, 6) is 0.308. The van der Waals surface area contributed by atoms with E-state index in [1.807, 2.05) is 6.92 Å². The minimum absolute atomic E-state index is 0.0672. The molecule has 0 spiro atoms. The lowest BCUT2D eigenvalue weighted by atomic mass is 9.96. The van der Waals surface area contributed by atoms with E-state index in [1.165, 1.54) is 6.20 Å². The molecule has 1 fully saturated rings. The van der Waals surface area contributed by atoms with Crippen LogP contribution in [0.5, 0.6) is 0 Å². The number of anilines is 1. The summed E-state index contributed by atoms with van der Waals surface area (Å²) in [6.07, 6.45) is -2.48. The van der Waals surface area contributed by atoms with Gasteiger partial charge in [-0.2, -0.15) is 18.3 Å². The molecule has 0 aromatic carbocycles. The maximum absolute atomic E-state index is 12.3. The Kier molecular flexibility index (Phi) is 4.48. The SMILES string of the molecule is CC1CC(N)CN(c2cnn(CC(F)(F)F)c(=O)c2Cl)C1. The van der Waals surface area contributed by atoms with Crippen LogP contribution in [0.3, 0.4) is 0 Å². The van der Waals surface area contributed by atoms with Crippen LogP contribution >= 0.6 is 11.6 Å². The van der Waals surface area contributed by atoms with Gasteiger partial charge in [0, 0.05) is 19.1 Å². The largest absolute Gasteiger partial charge is 0.408 e. The van der Waals surface area contributed by atoms with Crippen molar-refractivity contribution in [3.05, 3.63) is 21.6 Å². The quantitative estimate of drug-likeness (QED) is 0.898. The summed E-state index contributed by atoms with van der Waals surface area (Å²) in [5.41, 5.74) is 5.31. The molecule has 9 heteroatoms. The standard InChI is InChI=1S/C12H16ClF3N4O/c1-7-2-8(17)5-19(4-7)9-3-18-20(6-12(14,15)16)11(21)10(9)13/h3,7-8H,2,4-6,17H2,1H3. The van der Waals surface area contributed by atoms with Crippen molar-refractivity contribution in [2.45, 2.75) is 32.1 Å². The van der Waals surface area contributed by atoms with Crippen LogP contribution in [-0.2, 0) is 6.54 Å². The third kappa shape index (κ3) is 3.88. The van der Waals surface area contributed by atoms with Crippen molar-refractivity contribution < 1.29 is 13.2 Å². The first kappa shape index (κ1) is 16.1. The minimum atomic E-state index is -4.52. The summed E-state index contributed by atoms with van der Waals surface area (Å²) < 4.78 is 37.3. The molecule has 0 bridgehead atoms. The normalized spacial score (nSPS) is 23.4. The Balaban J connectivity index is 2.30. The van der Waals surface area contributed by atoms with Gasteiger partial charge < -0.3 is 10.6 Å². The fourth-order valence-electron chi connectivity index (χ4n) is 2.56. The Morgan fingerprint density at radius 2 is 2.14 bits per heavy atom. The Hall–Kier alpha value is -1.28. The number of hydrogen-bond acceptors (Lipinski definition) is 4. The summed E-state index contributed by atoms with van der Waals surface area (Å²) in [4.78, 5) is 13.7. The first-order valence-electron chi connectivity index (χ1n) is 6.50. The highest BCUT2D eigenvalue weighted by atomic mass is 35.5. The zero-order chi connectivity index (χ0) is 15.8. The fraction of sp³-hybridized carbons (Fsp3) is 0.667. The van der Waals surface area contributed by atoms with E-state index in [4.69, 9.17) is 17.3 Å². The number of rotatable bonds is 2. The molecule has 5 nitrogen and oxygen atoms in total. The van der Waals surface area contributed by atoms with E-state index in [0.717, 1.165) is 6.42 Å². The van der Waals surface area contributed by atoms with Gasteiger partial charge in [-0.05, 0) is 12.3 Å². The van der Waals surface area contributed by atoms with Crippen LogP contribution in [-0.4, -0.2) is 35.1 Å². The number of nitrogens with two attached hydrogens (primary N) is 1. The molecule has 0 saturated carbocycles. The molecular formula is C12H16ClF3N4O. The highest BCUT2D eigenvalue weighted by Gasteiger charge is 2.31. The third-order valence-electron chi connectivity index (χ3n) is 3.33. The molecule has 1 aromatic heterocycles. The van der Waals surface area contributed by atoms with Crippen LogP contribution in [0.25, 0.3) is 0 Å². The summed E-state index contributed by atoms with van der Waals surface area (Å²) in [5, 5.41) is 3.31. The Bertz CT molecular complexity index is 565. The average molecular weight is 325 g/mol. The second-order valence-electron chi connectivity index (χ2n) is 5.43. The Labute approximate surface area is 124 Å². The molecule has 1 aliphatic heterocycles. The zero-order valence-corrected chi connectivity index (χ0v) is 12.2. The highest BCUT2D eigenvalue weighted by Crippen LogP contribution is 2.26. The third-order valence-corrected chi connectivity index (χ3v) is 3.68. The lowest BCUT2D eigenvalue weighted by Crippen LogP contribution is -2.47. The molecule has 2 atom stereocenters. The van der Waals surface area contributed by atoms with Crippen molar-refractivity contribution in [2.24, 2.45) is 11.7 Å². The van der Waals surface area contributed by atoms with Crippen molar-refractivity contribution in [1.82, 2.24) is 9.78 Å². The summed E-state index contributed by atoms with van der Waals surface area (Å²) in [7, 11) is 0. The van der Waals surface area contributed by atoms with Crippen molar-refractivity contribution in [1.29, 1.82) is 0 Å². The first-order valence-corrected chi connectivity index (χ1v) is 6.88. The maximum Gasteiger partial charge on any atom is 0.408 e. The molecule has 1 aliphatic rings. The van der Waals surface area contributed by atoms with Gasteiger partial charge in [-0.1, -0.05) is 18.5 Å². The van der Waals surface area contributed by atoms with E-state index in [0.29, 0.717) is 29.4 Å². The summed E-state index contributed by atoms with van der Waals surface area (Å²) >= 11 is 5.93. The van der Waals surface area contributed by atoms with Gasteiger partial charge in [-0.3, -0.25) is 4.79 Å². The number of aromatic nitrogens is 2. The van der Waals surface area contributed by atoms with Gasteiger partial charge in [0.05, 0.1) is 11.9 Å². The van der Waals surface area contributed by atoms with E-state index >= 15 is 0 Å². The molecule has 0 amide bonds. The van der Waals surface area contributed by atoms with Crippen LogP contribution in [0.4, 0.5) is 18.9 Å². The molecule has 118 valence electrons. The molecular weight excluding hydrogens is 309 g/mol. The number of piperidine rings is 1. The van der Waals surface area contributed by atoms with Gasteiger partial charge in [0.25, 0.3) is 5.56 Å². The van der Waals surface area contributed by atoms with E-state index in [1.54, 1.807) is 4.90 Å². The lowest BCUT2D eigenvalue weighted by molar-refractivity contribution is -0.143. The van der Waals surface area contributed by atoms with Crippen molar-refractivity contribution in [2.75, 3.05) is 18.0 Å². The van der Waals surface area contributed by atoms with Gasteiger partial charge in [-0.15, -0.1) is 0 Å². The van der Waals surface area contributed by atoms with E-state index in [-0.39, 0.29) is 11.1 Å². The van der Waals surface area contributed by atoms with Crippen molar-refractivity contribution >= 4 is 17.3 Å². The second kappa shape index (κ2) is 5.84. The Morgan fingerprint density at radius 1 is 1.48 bits per heavy atom. The van der Waals surface area contributed by atoms with Crippen LogP contribution in [0.1, 0.15) is 13.3 Å². The molecule has 21 heavy (non-hydrogen) atoms. The molecule has 2 N–H and O–H groups in total. The summed E-state index contributed by atoms with van der Waals surface area (Å²) in [6.45, 7) is 1.69. The fourth-order valence-corrected chi connectivity index (χ4v) is 2.82. The highest BCUT2D eigenvalue weighted by molar-refractivity contribution is 6.33. The van der Waals surface area contributed by atoms with Crippen LogP contribution < -0.4 is 16.2 Å². The topological polar surface area (TPSA) is 64.2 Å². The zero-order valence-electron chi connectivity index (χ0n) is 11.4. The predicted octanol–water partition coefficient (Wildman–Crippen LogP) is 1.63. The predicted molar refractivity (Wildman–Crippen MR) is 73.5 cm³/mol. The van der Waals surface area contributed by atoms with Gasteiger partial charge >= 0.3 is 6.18 Å². The van der Waals surface area contributed by atoms with Crippen molar-refractivity contribution in [3.8, 4) is 0 Å². The van der Waals surface area contributed by atoms with E-state index < -0.39 is 18.3 Å². The van der Waals surface area contributed by atoms with E-state index in [2.05, 4.69) is 5.10 Å². The first-order chi connectivity index (χ1) is 9.67. The van der Waals surface area contributed by atoms with Gasteiger partial charge in [0.2, 0.25) is 0 Å². The van der Waals surface area contributed by atoms with Gasteiger partial charge in [-0.25, -0.2) is 4.68 Å². The number of hydrogen-bond donors (Lipinski definition) is 1. The van der Waals surface area contributed by atoms with Crippen LogP contribution in [0.15, 0.2) is 11.0 Å². The molecule has 1 saturated heterocycles. The maximum atomic E-state index is 12.3. The smallest absolute Gasteiger partial charge is 0.367 e. The molecule has 2 heterocycles. The monoisotopic (exact) mass is 324 g/mol. The van der Waals surface area contributed by atoms with Crippen LogP contribution in [0, 0.1) is 5.92 Å². The second-order valence-corrected chi connectivity index (χ2v) is 5.81. The number of halogens is 4.